The van der Waals surface area contributed by atoms with E-state index in [1.54, 1.807) is 20.8 Å². The van der Waals surface area contributed by atoms with Crippen molar-refractivity contribution >= 4 is 5.97 Å². The minimum Gasteiger partial charge on any atom is -0.458 e. The molecule has 0 saturated heterocycles. The molecular formula is C25H33NO3. The van der Waals surface area contributed by atoms with Gasteiger partial charge in [-0.05, 0) is 45.7 Å². The van der Waals surface area contributed by atoms with Crippen LogP contribution in [0, 0.1) is 0 Å². The predicted octanol–water partition coefficient (Wildman–Crippen LogP) is 4.90. The summed E-state index contributed by atoms with van der Waals surface area (Å²) in [5.74, 6) is -0.612. The number of carbonyl (C=O) groups excluding carboxylic acids is 1. The Morgan fingerprint density at radius 3 is 2.14 bits per heavy atom. The summed E-state index contributed by atoms with van der Waals surface area (Å²) in [6.07, 6.45) is 2.45. The largest absolute Gasteiger partial charge is 0.458 e. The summed E-state index contributed by atoms with van der Waals surface area (Å²) in [5, 5.41) is 10.9. The Balaban J connectivity index is 2.40. The molecule has 4 nitrogen and oxygen atoms in total. The Kier molecular flexibility index (Phi) is 8.18. The Hall–Kier alpha value is -2.43. The van der Waals surface area contributed by atoms with E-state index < -0.39 is 23.7 Å². The number of benzene rings is 2. The van der Waals surface area contributed by atoms with Crippen LogP contribution in [0.1, 0.15) is 51.8 Å². The van der Waals surface area contributed by atoms with E-state index in [9.17, 15) is 9.90 Å². The average Bonchev–Trinajstić information content (AvgIpc) is 2.69. The number of aliphatic hydroxyl groups excluding tert-OH is 1. The molecule has 4 heteroatoms. The molecule has 0 aliphatic heterocycles. The lowest BCUT2D eigenvalue weighted by molar-refractivity contribution is -0.168. The predicted molar refractivity (Wildman–Crippen MR) is 117 cm³/mol. The van der Waals surface area contributed by atoms with Crippen LogP contribution in [-0.2, 0) is 16.1 Å². The number of ether oxygens (including phenoxy) is 1. The average molecular weight is 396 g/mol. The molecule has 156 valence electrons. The summed E-state index contributed by atoms with van der Waals surface area (Å²) in [7, 11) is 0. The molecular weight excluding hydrogens is 362 g/mol. The van der Waals surface area contributed by atoms with Crippen LogP contribution in [0.4, 0.5) is 0 Å². The SMILES string of the molecule is CC=C[C@@H](C(O)C(=O)OC(C)(C)C)N(Cc1ccccc1)[C@@H](C)c1ccccc1. The van der Waals surface area contributed by atoms with Crippen molar-refractivity contribution < 1.29 is 14.6 Å². The molecule has 2 rings (SSSR count). The van der Waals surface area contributed by atoms with Gasteiger partial charge in [0.1, 0.15) is 5.60 Å². The molecule has 0 aliphatic carbocycles. The van der Waals surface area contributed by atoms with Gasteiger partial charge in [0.25, 0.3) is 0 Å². The number of hydrogen-bond acceptors (Lipinski definition) is 4. The Bertz CT molecular complexity index is 781. The third-order valence-corrected chi connectivity index (χ3v) is 4.73. The first-order chi connectivity index (χ1) is 13.7. The van der Waals surface area contributed by atoms with E-state index >= 15 is 0 Å². The van der Waals surface area contributed by atoms with Gasteiger partial charge in [-0.25, -0.2) is 4.79 Å². The van der Waals surface area contributed by atoms with Crippen molar-refractivity contribution in [3.63, 3.8) is 0 Å². The highest BCUT2D eigenvalue weighted by Gasteiger charge is 2.35. The highest BCUT2D eigenvalue weighted by molar-refractivity contribution is 5.76. The molecule has 0 radical (unpaired) electrons. The Morgan fingerprint density at radius 2 is 1.62 bits per heavy atom. The fourth-order valence-electron chi connectivity index (χ4n) is 3.31. The standard InChI is InChI=1S/C25H33NO3/c1-6-13-22(23(27)24(28)29-25(3,4)5)26(18-20-14-9-7-10-15-20)19(2)21-16-11-8-12-17-21/h6-17,19,22-23,27H,18H2,1-5H3/t19-,22-,23?/m0/s1. The highest BCUT2D eigenvalue weighted by Crippen LogP contribution is 2.27. The van der Waals surface area contributed by atoms with Gasteiger partial charge >= 0.3 is 5.97 Å². The summed E-state index contributed by atoms with van der Waals surface area (Å²) >= 11 is 0. The molecule has 3 atom stereocenters. The molecule has 1 unspecified atom stereocenters. The third-order valence-electron chi connectivity index (χ3n) is 4.73. The van der Waals surface area contributed by atoms with Crippen LogP contribution in [0.2, 0.25) is 0 Å². The van der Waals surface area contributed by atoms with Gasteiger partial charge in [-0.3, -0.25) is 4.90 Å². The van der Waals surface area contributed by atoms with Crippen molar-refractivity contribution in [2.45, 2.75) is 65.0 Å². The van der Waals surface area contributed by atoms with Crippen LogP contribution >= 0.6 is 0 Å². The van der Waals surface area contributed by atoms with Crippen LogP contribution in [-0.4, -0.2) is 33.7 Å². The monoisotopic (exact) mass is 395 g/mol. The Morgan fingerprint density at radius 1 is 1.07 bits per heavy atom. The molecule has 0 aliphatic rings. The van der Waals surface area contributed by atoms with Crippen LogP contribution in [0.15, 0.2) is 72.8 Å². The third kappa shape index (κ3) is 6.84. The normalized spacial score (nSPS) is 15.3. The van der Waals surface area contributed by atoms with Gasteiger partial charge in [0.15, 0.2) is 6.10 Å². The van der Waals surface area contributed by atoms with E-state index in [1.165, 1.54) is 0 Å². The zero-order valence-corrected chi connectivity index (χ0v) is 18.1. The quantitative estimate of drug-likeness (QED) is 0.510. The first-order valence-corrected chi connectivity index (χ1v) is 10.1. The molecule has 0 fully saturated rings. The van der Waals surface area contributed by atoms with Crippen LogP contribution in [0.25, 0.3) is 0 Å². The van der Waals surface area contributed by atoms with E-state index in [2.05, 4.69) is 36.1 Å². The van der Waals surface area contributed by atoms with E-state index in [0.717, 1.165) is 11.1 Å². The number of nitrogens with zero attached hydrogens (tertiary/aromatic N) is 1. The minimum absolute atomic E-state index is 0.0188. The zero-order valence-electron chi connectivity index (χ0n) is 18.1. The Labute approximate surface area is 174 Å². The van der Waals surface area contributed by atoms with Crippen molar-refractivity contribution in [1.29, 1.82) is 0 Å². The maximum absolute atomic E-state index is 12.7. The second kappa shape index (κ2) is 10.4. The molecule has 0 heterocycles. The minimum atomic E-state index is -1.29. The van der Waals surface area contributed by atoms with Gasteiger partial charge in [0.2, 0.25) is 0 Å². The molecule has 2 aromatic rings. The van der Waals surface area contributed by atoms with Gasteiger partial charge in [-0.15, -0.1) is 0 Å². The van der Waals surface area contributed by atoms with Gasteiger partial charge in [-0.1, -0.05) is 72.8 Å². The molecule has 0 aromatic heterocycles. The summed E-state index contributed by atoms with van der Waals surface area (Å²) < 4.78 is 5.46. The molecule has 0 amide bonds. The highest BCUT2D eigenvalue weighted by atomic mass is 16.6. The smallest absolute Gasteiger partial charge is 0.337 e. The fraction of sp³-hybridized carbons (Fsp3) is 0.400. The number of aliphatic hydroxyl groups is 1. The number of allylic oxidation sites excluding steroid dienone is 1. The van der Waals surface area contributed by atoms with Crippen molar-refractivity contribution in [3.05, 3.63) is 83.9 Å². The van der Waals surface area contributed by atoms with Crippen molar-refractivity contribution in [1.82, 2.24) is 4.90 Å². The maximum Gasteiger partial charge on any atom is 0.337 e. The number of carbonyl (C=O) groups is 1. The lowest BCUT2D eigenvalue weighted by Gasteiger charge is -2.37. The van der Waals surface area contributed by atoms with Crippen molar-refractivity contribution in [3.8, 4) is 0 Å². The lowest BCUT2D eigenvalue weighted by atomic mass is 10.00. The van der Waals surface area contributed by atoms with Gasteiger partial charge in [0.05, 0.1) is 6.04 Å². The van der Waals surface area contributed by atoms with E-state index in [4.69, 9.17) is 4.74 Å². The second-order valence-electron chi connectivity index (χ2n) is 8.24. The van der Waals surface area contributed by atoms with Crippen LogP contribution < -0.4 is 0 Å². The summed E-state index contributed by atoms with van der Waals surface area (Å²) in [6.45, 7) is 9.98. The molecule has 2 aromatic carbocycles. The summed E-state index contributed by atoms with van der Waals surface area (Å²) in [4.78, 5) is 14.8. The topological polar surface area (TPSA) is 49.8 Å². The van der Waals surface area contributed by atoms with Crippen molar-refractivity contribution in [2.24, 2.45) is 0 Å². The molecule has 1 N–H and O–H groups in total. The van der Waals surface area contributed by atoms with Crippen LogP contribution in [0.3, 0.4) is 0 Å². The maximum atomic E-state index is 12.7. The second-order valence-corrected chi connectivity index (χ2v) is 8.24. The first kappa shape index (κ1) is 22.9. The summed E-state index contributed by atoms with van der Waals surface area (Å²) in [6, 6.07) is 19.7. The van der Waals surface area contributed by atoms with Gasteiger partial charge in [-0.2, -0.15) is 0 Å². The molecule has 29 heavy (non-hydrogen) atoms. The number of hydrogen-bond donors (Lipinski definition) is 1. The number of rotatable bonds is 8. The van der Waals surface area contributed by atoms with Gasteiger partial charge < -0.3 is 9.84 Å². The molecule has 0 bridgehead atoms. The zero-order chi connectivity index (χ0) is 21.4. The molecule has 0 saturated carbocycles. The van der Waals surface area contributed by atoms with Crippen molar-refractivity contribution in [2.75, 3.05) is 0 Å². The fourth-order valence-corrected chi connectivity index (χ4v) is 3.31. The lowest BCUT2D eigenvalue weighted by Crippen LogP contribution is -2.48. The number of esters is 1. The first-order valence-electron chi connectivity index (χ1n) is 10.1. The van der Waals surface area contributed by atoms with Gasteiger partial charge in [0, 0.05) is 12.6 Å². The van der Waals surface area contributed by atoms with E-state index in [0.29, 0.717) is 6.54 Å². The van der Waals surface area contributed by atoms with Crippen LogP contribution in [0.5, 0.6) is 0 Å². The molecule has 0 spiro atoms. The summed E-state index contributed by atoms with van der Waals surface area (Å²) in [5.41, 5.74) is 1.57. The van der Waals surface area contributed by atoms with E-state index in [-0.39, 0.29) is 6.04 Å². The van der Waals surface area contributed by atoms with E-state index in [1.807, 2.05) is 55.5 Å².